The lowest BCUT2D eigenvalue weighted by molar-refractivity contribution is 0.0517. The van der Waals surface area contributed by atoms with Crippen LogP contribution >= 0.6 is 0 Å². The van der Waals surface area contributed by atoms with Gasteiger partial charge in [-0.3, -0.25) is 0 Å². The zero-order valence-electron chi connectivity index (χ0n) is 42.8. The Bertz CT molecular complexity index is 3360. The predicted molar refractivity (Wildman–Crippen MR) is 307 cm³/mol. The van der Waals surface area contributed by atoms with Crippen molar-refractivity contribution < 1.29 is 24.6 Å². The number of nitrogens with two attached hydrogens (primary N) is 1. The van der Waals surface area contributed by atoms with E-state index in [-0.39, 0.29) is 11.7 Å². The van der Waals surface area contributed by atoms with Gasteiger partial charge >= 0.3 is 11.9 Å². The molecular formula is C66H60N6O5. The van der Waals surface area contributed by atoms with E-state index in [4.69, 9.17) is 20.8 Å². The molecular weight excluding hydrogens is 957 g/mol. The van der Waals surface area contributed by atoms with Crippen molar-refractivity contribution in [3.8, 4) is 44.5 Å². The van der Waals surface area contributed by atoms with E-state index in [0.717, 1.165) is 35.1 Å². The lowest BCUT2D eigenvalue weighted by atomic mass is 10.0. The number of benzene rings is 8. The Labute approximate surface area is 450 Å². The second kappa shape index (κ2) is 29.9. The van der Waals surface area contributed by atoms with Crippen LogP contribution in [0.4, 0.5) is 0 Å². The largest absolute Gasteiger partial charge is 0.477 e. The van der Waals surface area contributed by atoms with Gasteiger partial charge in [-0.1, -0.05) is 224 Å². The van der Waals surface area contributed by atoms with Crippen molar-refractivity contribution in [2.75, 3.05) is 6.61 Å². The Morgan fingerprint density at radius 3 is 1.16 bits per heavy atom. The van der Waals surface area contributed by atoms with E-state index < -0.39 is 5.97 Å². The molecule has 0 bridgehead atoms. The third-order valence-corrected chi connectivity index (χ3v) is 12.3. The first-order chi connectivity index (χ1) is 37.8. The van der Waals surface area contributed by atoms with E-state index in [1.165, 1.54) is 68.9 Å². The lowest BCUT2D eigenvalue weighted by Crippen LogP contribution is -2.11. The van der Waals surface area contributed by atoms with Crippen molar-refractivity contribution >= 4 is 18.2 Å². The predicted octanol–water partition coefficient (Wildman–Crippen LogP) is 13.7. The number of hydrogen-bond acceptors (Lipinski definition) is 10. The maximum atomic E-state index is 12.0. The second-order valence-corrected chi connectivity index (χ2v) is 17.4. The van der Waals surface area contributed by atoms with E-state index in [9.17, 15) is 9.59 Å². The Balaban J connectivity index is 0.000000153. The van der Waals surface area contributed by atoms with Crippen LogP contribution in [0.25, 0.3) is 44.5 Å². The number of nitrogens with zero attached hydrogens (tertiary/aromatic N) is 5. The summed E-state index contributed by atoms with van der Waals surface area (Å²) in [6, 6.07) is 74.0. The number of aryl methyl sites for hydroxylation is 4. The topological polar surface area (TPSA) is 174 Å². The third kappa shape index (κ3) is 17.2. The molecule has 0 saturated heterocycles. The molecule has 0 unspecified atom stereocenters. The van der Waals surface area contributed by atoms with Crippen LogP contribution in [0.3, 0.4) is 0 Å². The molecule has 0 spiro atoms. The molecule has 11 heteroatoms. The SMILES string of the molecule is CCOC(=O)c1ncncc1CCc1ccc(-c2ccccc2)cc1.NCc1ccc(-c2ccccc2)cc1.O/N=C/c1ccc(-c2ccccc2)cc1.O=C(O)c1ncncc1CCc1ccc(-c2ccccc2)cc1. The zero-order chi connectivity index (χ0) is 53.9. The Hall–Kier alpha value is -9.71. The van der Waals surface area contributed by atoms with Crippen LogP contribution < -0.4 is 5.73 Å². The summed E-state index contributed by atoms with van der Waals surface area (Å²) in [6.45, 7) is 2.73. The molecule has 10 rings (SSSR count). The average molecular weight is 1020 g/mol. The van der Waals surface area contributed by atoms with Crippen LogP contribution in [0.1, 0.15) is 61.3 Å². The standard InChI is InChI=1S/C21H20N2O2.C19H16N2O2.C13H11NO.C13H13N/c1-2-25-21(24)20-19(14-22-15-23-20)13-10-16-8-11-18(12-9-16)17-6-4-3-5-7-17;22-19(23)18-17(12-20-13-21-18)11-8-14-6-9-16(10-7-14)15-4-2-1-3-5-15;15-14-10-11-6-8-13(9-7-11)12-4-2-1-3-5-12;14-10-11-6-8-13(9-7-11)12-4-2-1-3-5-12/h3-9,11-12,14-15H,2,10,13H2,1H3;1-7,9-10,12-13H,8,11H2,(H,22,23);1-10,15H;1-9H,10,14H2/b;;14-10+;. The van der Waals surface area contributed by atoms with E-state index in [2.05, 4.69) is 146 Å². The average Bonchev–Trinajstić information content (AvgIpc) is 3.50. The zero-order valence-corrected chi connectivity index (χ0v) is 42.8. The molecule has 0 amide bonds. The van der Waals surface area contributed by atoms with Crippen molar-refractivity contribution in [3.63, 3.8) is 0 Å². The number of carboxylic acids is 1. The van der Waals surface area contributed by atoms with Crippen LogP contribution in [0.2, 0.25) is 0 Å². The number of oxime groups is 1. The molecule has 4 N–H and O–H groups in total. The monoisotopic (exact) mass is 1020 g/mol. The number of aromatic nitrogens is 4. The molecule has 0 radical (unpaired) electrons. The summed E-state index contributed by atoms with van der Waals surface area (Å²) in [6.07, 6.45) is 10.2. The highest BCUT2D eigenvalue weighted by atomic mass is 16.5. The van der Waals surface area contributed by atoms with Crippen LogP contribution in [0.5, 0.6) is 0 Å². The molecule has 77 heavy (non-hydrogen) atoms. The molecule has 384 valence electrons. The van der Waals surface area contributed by atoms with Gasteiger partial charge in [-0.05, 0) is 99.4 Å². The summed E-state index contributed by atoms with van der Waals surface area (Å²) in [5.41, 5.74) is 21.5. The number of aromatic carboxylic acids is 1. The smallest absolute Gasteiger partial charge is 0.357 e. The summed E-state index contributed by atoms with van der Waals surface area (Å²) in [5, 5.41) is 20.5. The van der Waals surface area contributed by atoms with Crippen molar-refractivity contribution in [3.05, 3.63) is 288 Å². The number of rotatable bonds is 15. The number of hydrogen-bond donors (Lipinski definition) is 3. The minimum absolute atomic E-state index is 0.0842. The van der Waals surface area contributed by atoms with Gasteiger partial charge in [-0.2, -0.15) is 0 Å². The van der Waals surface area contributed by atoms with Gasteiger partial charge in [-0.25, -0.2) is 29.5 Å². The minimum atomic E-state index is -1.01. The van der Waals surface area contributed by atoms with Crippen LogP contribution in [0.15, 0.2) is 249 Å². The summed E-state index contributed by atoms with van der Waals surface area (Å²) >= 11 is 0. The number of esters is 1. The number of ether oxygens (including phenoxy) is 1. The Kier molecular flexibility index (Phi) is 21.3. The van der Waals surface area contributed by atoms with Crippen molar-refractivity contribution in [1.82, 2.24) is 19.9 Å². The summed E-state index contributed by atoms with van der Waals surface area (Å²) in [7, 11) is 0. The van der Waals surface area contributed by atoms with Gasteiger partial charge < -0.3 is 20.8 Å². The summed E-state index contributed by atoms with van der Waals surface area (Å²) in [4.78, 5) is 39.0. The van der Waals surface area contributed by atoms with Gasteiger partial charge in [0.25, 0.3) is 0 Å². The highest BCUT2D eigenvalue weighted by Crippen LogP contribution is 2.23. The van der Waals surface area contributed by atoms with Crippen LogP contribution in [-0.2, 0) is 37.0 Å². The molecule has 0 aliphatic heterocycles. The van der Waals surface area contributed by atoms with Crippen molar-refractivity contribution in [1.29, 1.82) is 0 Å². The molecule has 8 aromatic carbocycles. The number of carboxylic acid groups (broad SMARTS) is 1. The van der Waals surface area contributed by atoms with Gasteiger partial charge in [0.05, 0.1) is 12.8 Å². The van der Waals surface area contributed by atoms with Gasteiger partial charge in [0.1, 0.15) is 12.7 Å². The quantitative estimate of drug-likeness (QED) is 0.0388. The first-order valence-electron chi connectivity index (χ1n) is 25.3. The molecule has 0 atom stereocenters. The van der Waals surface area contributed by atoms with Gasteiger partial charge in [0.15, 0.2) is 11.4 Å². The fourth-order valence-electron chi connectivity index (χ4n) is 8.13. The van der Waals surface area contributed by atoms with Crippen molar-refractivity contribution in [2.45, 2.75) is 39.2 Å². The normalized spacial score (nSPS) is 10.4. The second-order valence-electron chi connectivity index (χ2n) is 17.4. The Morgan fingerprint density at radius 2 is 0.805 bits per heavy atom. The number of carbonyl (C=O) groups excluding carboxylic acids is 1. The van der Waals surface area contributed by atoms with Crippen LogP contribution in [-0.4, -0.2) is 55.0 Å². The third-order valence-electron chi connectivity index (χ3n) is 12.3. The van der Waals surface area contributed by atoms with Gasteiger partial charge in [-0.15, -0.1) is 0 Å². The molecule has 2 aromatic heterocycles. The van der Waals surface area contributed by atoms with E-state index in [1.54, 1.807) is 19.3 Å². The fraction of sp³-hybridized carbons (Fsp3) is 0.106. The van der Waals surface area contributed by atoms with E-state index in [1.807, 2.05) is 97.1 Å². The van der Waals surface area contributed by atoms with Crippen molar-refractivity contribution in [2.24, 2.45) is 10.9 Å². The summed E-state index contributed by atoms with van der Waals surface area (Å²) < 4.78 is 5.06. The fourth-order valence-corrected chi connectivity index (χ4v) is 8.13. The Morgan fingerprint density at radius 1 is 0.468 bits per heavy atom. The first-order valence-corrected chi connectivity index (χ1v) is 25.3. The van der Waals surface area contributed by atoms with Gasteiger partial charge in [0, 0.05) is 30.1 Å². The molecule has 0 fully saturated rings. The van der Waals surface area contributed by atoms with E-state index in [0.29, 0.717) is 37.3 Å². The molecule has 0 aliphatic carbocycles. The van der Waals surface area contributed by atoms with Crippen LogP contribution in [0, 0.1) is 0 Å². The molecule has 11 nitrogen and oxygen atoms in total. The minimum Gasteiger partial charge on any atom is -0.477 e. The molecule has 10 aromatic rings. The number of carbonyl (C=O) groups is 2. The first kappa shape index (κ1) is 55.0. The van der Waals surface area contributed by atoms with Gasteiger partial charge in [0.2, 0.25) is 0 Å². The summed E-state index contributed by atoms with van der Waals surface area (Å²) in [5.74, 6) is -1.40. The van der Waals surface area contributed by atoms with E-state index >= 15 is 0 Å². The molecule has 0 aliphatic rings. The maximum absolute atomic E-state index is 12.0. The lowest BCUT2D eigenvalue weighted by Gasteiger charge is -2.08. The highest BCUT2D eigenvalue weighted by Gasteiger charge is 2.15. The maximum Gasteiger partial charge on any atom is 0.357 e. The molecule has 0 saturated carbocycles. The molecule has 2 heterocycles. The highest BCUT2D eigenvalue weighted by molar-refractivity contribution is 5.89.